The second-order valence-corrected chi connectivity index (χ2v) is 12.0. The molecule has 8 nitrogen and oxygen atoms in total. The van der Waals surface area contributed by atoms with Crippen LogP contribution in [0.4, 0.5) is 5.69 Å². The molecular formula is C31H45NO7S. The number of nitrogens with one attached hydrogen (secondary N) is 1. The maximum Gasteiger partial charge on any atom is 0.367 e. The monoisotopic (exact) mass is 575 g/mol. The molecule has 0 heterocycles. The van der Waals surface area contributed by atoms with E-state index >= 15 is 0 Å². The molecule has 0 aromatic heterocycles. The van der Waals surface area contributed by atoms with Crippen LogP contribution < -0.4 is 14.8 Å². The molecule has 9 heteroatoms. The third-order valence-electron chi connectivity index (χ3n) is 6.06. The molecular weight excluding hydrogens is 530 g/mol. The zero-order chi connectivity index (χ0) is 29.8. The average Bonchev–Trinajstić information content (AvgIpc) is 2.91. The number of esters is 1. The number of hydrogen-bond donors (Lipinski definition) is 1. The lowest BCUT2D eigenvalue weighted by atomic mass is 9.83. The summed E-state index contributed by atoms with van der Waals surface area (Å²) in [6, 6.07) is 14.7. The molecule has 0 saturated carbocycles. The highest BCUT2D eigenvalue weighted by atomic mass is 32.2. The van der Waals surface area contributed by atoms with Crippen LogP contribution >= 0.6 is 11.8 Å². The summed E-state index contributed by atoms with van der Waals surface area (Å²) in [7, 11) is 3.17. The Hall–Kier alpha value is -2.75. The third-order valence-corrected chi connectivity index (χ3v) is 7.07. The van der Waals surface area contributed by atoms with E-state index in [0.29, 0.717) is 23.6 Å². The average molecular weight is 576 g/mol. The highest BCUT2D eigenvalue weighted by Gasteiger charge is 2.51. The van der Waals surface area contributed by atoms with Gasteiger partial charge in [0.2, 0.25) is 0 Å². The van der Waals surface area contributed by atoms with Crippen LogP contribution in [0.1, 0.15) is 65.9 Å². The zero-order valence-corrected chi connectivity index (χ0v) is 25.9. The van der Waals surface area contributed by atoms with Crippen LogP contribution in [0.5, 0.6) is 11.5 Å². The first kappa shape index (κ1) is 33.5. The van der Waals surface area contributed by atoms with Crippen LogP contribution in [0.3, 0.4) is 0 Å². The van der Waals surface area contributed by atoms with Gasteiger partial charge in [-0.2, -0.15) is 0 Å². The largest absolute Gasteiger partial charge is 0.497 e. The molecule has 0 aliphatic rings. The molecule has 2 aromatic carbocycles. The second-order valence-electron chi connectivity index (χ2n) is 10.2. The Morgan fingerprint density at radius 2 is 1.55 bits per heavy atom. The summed E-state index contributed by atoms with van der Waals surface area (Å²) < 4.78 is 28.6. The molecule has 1 N–H and O–H groups in total. The maximum atomic E-state index is 13.6. The Morgan fingerprint density at radius 3 is 2.08 bits per heavy atom. The number of methoxy groups -OCH3 is 2. The van der Waals surface area contributed by atoms with Gasteiger partial charge in [0.1, 0.15) is 11.5 Å². The highest BCUT2D eigenvalue weighted by molar-refractivity contribution is 8.14. The van der Waals surface area contributed by atoms with Gasteiger partial charge in [-0.3, -0.25) is 4.79 Å². The van der Waals surface area contributed by atoms with E-state index in [1.807, 2.05) is 77.1 Å². The zero-order valence-electron chi connectivity index (χ0n) is 25.1. The van der Waals surface area contributed by atoms with Crippen LogP contribution in [0.15, 0.2) is 48.5 Å². The maximum absolute atomic E-state index is 13.6. The minimum atomic E-state index is -1.70. The molecule has 40 heavy (non-hydrogen) atoms. The van der Waals surface area contributed by atoms with E-state index in [0.717, 1.165) is 5.56 Å². The second kappa shape index (κ2) is 15.9. The third kappa shape index (κ3) is 9.42. The quantitative estimate of drug-likeness (QED) is 0.179. The first-order valence-electron chi connectivity index (χ1n) is 13.7. The molecule has 0 amide bonds. The van der Waals surface area contributed by atoms with Crippen molar-refractivity contribution in [3.05, 3.63) is 54.1 Å². The standard InChI is InChI=1S/C31H45NO7S/c1-9-37-29(34)31(38-10-2,39-11-3)25(22-15-13-12-14-16-22)19-23(20-28(33)40-30(4,5)6)32-26-18-17-24(35-7)21-27(26)36-8/h12-18,21,23,25,32H,9-11,19-20H2,1-8H3/t23-,25+/m1/s1. The Morgan fingerprint density at radius 1 is 0.900 bits per heavy atom. The summed E-state index contributed by atoms with van der Waals surface area (Å²) in [6.45, 7) is 12.0. The van der Waals surface area contributed by atoms with Crippen LogP contribution in [-0.4, -0.2) is 61.7 Å². The Bertz CT molecular complexity index is 1070. The molecule has 0 fully saturated rings. The van der Waals surface area contributed by atoms with Crippen LogP contribution in [0.2, 0.25) is 0 Å². The number of rotatable bonds is 16. The number of hydrogen-bond acceptors (Lipinski definition) is 9. The van der Waals surface area contributed by atoms with Gasteiger partial charge in [0.25, 0.3) is 5.79 Å². The lowest BCUT2D eigenvalue weighted by Crippen LogP contribution is -2.52. The van der Waals surface area contributed by atoms with Crippen LogP contribution in [0.25, 0.3) is 0 Å². The Labute approximate surface area is 243 Å². The van der Waals surface area contributed by atoms with Gasteiger partial charge in [0, 0.05) is 36.5 Å². The van der Waals surface area contributed by atoms with Crippen molar-refractivity contribution in [3.63, 3.8) is 0 Å². The van der Waals surface area contributed by atoms with Gasteiger partial charge >= 0.3 is 5.97 Å². The Balaban J connectivity index is 2.64. The van der Waals surface area contributed by atoms with E-state index in [1.54, 1.807) is 27.2 Å². The molecule has 222 valence electrons. The first-order valence-corrected chi connectivity index (χ1v) is 14.6. The van der Waals surface area contributed by atoms with Crippen molar-refractivity contribution in [1.29, 1.82) is 0 Å². The van der Waals surface area contributed by atoms with Gasteiger partial charge in [-0.25, -0.2) is 4.79 Å². The fourth-order valence-corrected chi connectivity index (χ4v) is 5.53. The fraction of sp³-hybridized carbons (Fsp3) is 0.548. The summed E-state index contributed by atoms with van der Waals surface area (Å²) in [5, 5.41) is 3.54. The number of carbonyl (C=O) groups excluding carboxylic acids is 2. The van der Waals surface area contributed by atoms with Crippen molar-refractivity contribution in [3.8, 4) is 11.5 Å². The number of carbonyl (C=O) groups is 2. The summed E-state index contributed by atoms with van der Waals surface area (Å²) in [4.78, 5) is 26.9. The van der Waals surface area contributed by atoms with E-state index in [-0.39, 0.29) is 36.1 Å². The lowest BCUT2D eigenvalue weighted by Gasteiger charge is -2.39. The molecule has 2 aromatic rings. The molecule has 0 aliphatic carbocycles. The molecule has 2 rings (SSSR count). The summed E-state index contributed by atoms with van der Waals surface area (Å²) in [6.07, 6.45) is 0.520. The predicted molar refractivity (Wildman–Crippen MR) is 160 cm³/mol. The molecule has 0 spiro atoms. The minimum Gasteiger partial charge on any atom is -0.497 e. The summed E-state index contributed by atoms with van der Waals surface area (Å²) in [5.74, 6) is -1.67. The van der Waals surface area contributed by atoms with E-state index in [9.17, 15) is 9.59 Å². The number of thioether (sulfide) groups is 1. The number of benzene rings is 2. The summed E-state index contributed by atoms with van der Waals surface area (Å²) >= 11 is 1.29. The normalized spacial score (nSPS) is 13.3. The Kier molecular flexibility index (Phi) is 13.3. The van der Waals surface area contributed by atoms with Crippen molar-refractivity contribution < 1.29 is 33.3 Å². The van der Waals surface area contributed by atoms with E-state index in [2.05, 4.69) is 5.32 Å². The lowest BCUT2D eigenvalue weighted by molar-refractivity contribution is -0.256. The van der Waals surface area contributed by atoms with Gasteiger partial charge in [-0.1, -0.05) is 62.9 Å². The molecule has 2 atom stereocenters. The van der Waals surface area contributed by atoms with E-state index in [1.165, 1.54) is 11.8 Å². The van der Waals surface area contributed by atoms with E-state index < -0.39 is 23.7 Å². The molecule has 0 aliphatic heterocycles. The summed E-state index contributed by atoms with van der Waals surface area (Å²) in [5.41, 5.74) is 1.53. The SMILES string of the molecule is CCOC(=O)C(OCC)(OCC)[C@@H](C[C@H](CC(=O)SC(C)(C)C)Nc1ccc(OC)cc1OC)c1ccccc1. The van der Waals surface area contributed by atoms with Crippen molar-refractivity contribution in [2.75, 3.05) is 39.4 Å². The topological polar surface area (TPSA) is 92.3 Å². The van der Waals surface area contributed by atoms with Crippen molar-refractivity contribution >= 4 is 28.5 Å². The van der Waals surface area contributed by atoms with Gasteiger partial charge < -0.3 is 29.0 Å². The molecule has 0 bridgehead atoms. The number of anilines is 1. The van der Waals surface area contributed by atoms with E-state index in [4.69, 9.17) is 23.7 Å². The predicted octanol–water partition coefficient (Wildman–Crippen LogP) is 6.44. The van der Waals surface area contributed by atoms with Crippen LogP contribution in [-0.2, 0) is 23.8 Å². The molecule has 0 saturated heterocycles. The van der Waals surface area contributed by atoms with Gasteiger partial charge in [-0.05, 0) is 44.9 Å². The van der Waals surface area contributed by atoms with Gasteiger partial charge in [-0.15, -0.1) is 0 Å². The first-order chi connectivity index (χ1) is 19.0. The minimum absolute atomic E-state index is 0.0267. The molecule has 0 radical (unpaired) electrons. The van der Waals surface area contributed by atoms with Gasteiger partial charge in [0.15, 0.2) is 5.12 Å². The van der Waals surface area contributed by atoms with Crippen molar-refractivity contribution in [2.45, 2.75) is 76.9 Å². The number of ether oxygens (including phenoxy) is 5. The highest BCUT2D eigenvalue weighted by Crippen LogP contribution is 2.40. The van der Waals surface area contributed by atoms with Crippen molar-refractivity contribution in [1.82, 2.24) is 0 Å². The molecule has 0 unspecified atom stereocenters. The van der Waals surface area contributed by atoms with Gasteiger partial charge in [0.05, 0.1) is 32.4 Å². The van der Waals surface area contributed by atoms with Crippen molar-refractivity contribution in [2.24, 2.45) is 0 Å². The van der Waals surface area contributed by atoms with Crippen LogP contribution in [0, 0.1) is 0 Å². The smallest absolute Gasteiger partial charge is 0.367 e. The fourth-order valence-electron chi connectivity index (χ4n) is 4.56.